The molecular formula is C11H24O2. The fourth-order valence-corrected chi connectivity index (χ4v) is 2.15. The Labute approximate surface area is 82.0 Å². The Kier molecular flexibility index (Phi) is 6.35. The highest BCUT2D eigenvalue weighted by Gasteiger charge is 2.28. The van der Waals surface area contributed by atoms with E-state index in [1.54, 1.807) is 0 Å². The molecule has 1 rings (SSSR count). The lowest BCUT2D eigenvalue weighted by atomic mass is 9.75. The van der Waals surface area contributed by atoms with Crippen LogP contribution in [0, 0.1) is 17.8 Å². The maximum absolute atomic E-state index is 9.71. The Morgan fingerprint density at radius 3 is 2.08 bits per heavy atom. The second kappa shape index (κ2) is 6.39. The highest BCUT2D eigenvalue weighted by molar-refractivity contribution is 4.79. The van der Waals surface area contributed by atoms with E-state index in [1.807, 2.05) is 0 Å². The molecule has 0 saturated heterocycles. The molecule has 0 aromatic rings. The topological polar surface area (TPSA) is 40.5 Å². The Hall–Kier alpha value is -0.0800. The summed E-state index contributed by atoms with van der Waals surface area (Å²) in [6.07, 6.45) is 3.52. The van der Waals surface area contributed by atoms with Crippen molar-refractivity contribution in [2.45, 2.75) is 46.1 Å². The van der Waals surface area contributed by atoms with Crippen LogP contribution in [0.5, 0.6) is 0 Å². The normalized spacial score (nSPS) is 33.9. The molecule has 0 bridgehead atoms. The SMILES string of the molecule is CC1CCC(C(C)C)C(O)C1.CO. The quantitative estimate of drug-likeness (QED) is 0.661. The van der Waals surface area contributed by atoms with Crippen molar-refractivity contribution in [2.75, 3.05) is 7.11 Å². The van der Waals surface area contributed by atoms with Crippen LogP contribution in [0.4, 0.5) is 0 Å². The van der Waals surface area contributed by atoms with E-state index in [0.717, 1.165) is 19.4 Å². The molecule has 3 unspecified atom stereocenters. The van der Waals surface area contributed by atoms with Crippen molar-refractivity contribution in [3.05, 3.63) is 0 Å². The van der Waals surface area contributed by atoms with Gasteiger partial charge in [-0.3, -0.25) is 0 Å². The van der Waals surface area contributed by atoms with Crippen molar-refractivity contribution in [1.29, 1.82) is 0 Å². The number of hydrogen-bond donors (Lipinski definition) is 2. The monoisotopic (exact) mass is 188 g/mol. The van der Waals surface area contributed by atoms with E-state index in [1.165, 1.54) is 12.8 Å². The summed E-state index contributed by atoms with van der Waals surface area (Å²) >= 11 is 0. The minimum absolute atomic E-state index is 0.0289. The molecule has 0 heterocycles. The maximum Gasteiger partial charge on any atom is 0.0573 e. The van der Waals surface area contributed by atoms with Gasteiger partial charge in [0.1, 0.15) is 0 Å². The summed E-state index contributed by atoms with van der Waals surface area (Å²) in [6.45, 7) is 6.66. The zero-order chi connectivity index (χ0) is 10.4. The molecular weight excluding hydrogens is 164 g/mol. The number of aliphatic hydroxyl groups excluding tert-OH is 2. The van der Waals surface area contributed by atoms with Gasteiger partial charge in [0.2, 0.25) is 0 Å². The Morgan fingerprint density at radius 1 is 1.15 bits per heavy atom. The van der Waals surface area contributed by atoms with Gasteiger partial charge >= 0.3 is 0 Å². The van der Waals surface area contributed by atoms with Gasteiger partial charge in [-0.15, -0.1) is 0 Å². The van der Waals surface area contributed by atoms with E-state index in [4.69, 9.17) is 5.11 Å². The molecule has 2 N–H and O–H groups in total. The van der Waals surface area contributed by atoms with Crippen molar-refractivity contribution in [3.63, 3.8) is 0 Å². The molecule has 0 aliphatic heterocycles. The third-order valence-corrected chi connectivity index (χ3v) is 2.99. The lowest BCUT2D eigenvalue weighted by Crippen LogP contribution is -2.31. The van der Waals surface area contributed by atoms with Gasteiger partial charge in [0, 0.05) is 7.11 Å². The van der Waals surface area contributed by atoms with Crippen LogP contribution < -0.4 is 0 Å². The van der Waals surface area contributed by atoms with Crippen molar-refractivity contribution in [1.82, 2.24) is 0 Å². The number of rotatable bonds is 1. The summed E-state index contributed by atoms with van der Waals surface area (Å²) < 4.78 is 0. The van der Waals surface area contributed by atoms with Gasteiger partial charge in [0.25, 0.3) is 0 Å². The third kappa shape index (κ3) is 4.10. The molecule has 3 atom stereocenters. The smallest absolute Gasteiger partial charge is 0.0573 e. The first-order valence-corrected chi connectivity index (χ1v) is 5.24. The van der Waals surface area contributed by atoms with Gasteiger partial charge in [-0.05, 0) is 30.6 Å². The highest BCUT2D eigenvalue weighted by atomic mass is 16.3. The lowest BCUT2D eigenvalue weighted by molar-refractivity contribution is 0.0266. The van der Waals surface area contributed by atoms with Crippen molar-refractivity contribution < 1.29 is 10.2 Å². The van der Waals surface area contributed by atoms with Crippen LogP contribution in [0.15, 0.2) is 0 Å². The molecule has 0 aromatic heterocycles. The molecule has 0 spiro atoms. The van der Waals surface area contributed by atoms with Gasteiger partial charge in [-0.1, -0.05) is 27.2 Å². The van der Waals surface area contributed by atoms with E-state index >= 15 is 0 Å². The van der Waals surface area contributed by atoms with Gasteiger partial charge in [-0.25, -0.2) is 0 Å². The van der Waals surface area contributed by atoms with Crippen LogP contribution >= 0.6 is 0 Å². The molecule has 0 aromatic carbocycles. The maximum atomic E-state index is 9.71. The number of hydrogen-bond acceptors (Lipinski definition) is 2. The first kappa shape index (κ1) is 12.9. The summed E-state index contributed by atoms with van der Waals surface area (Å²) in [4.78, 5) is 0. The zero-order valence-corrected chi connectivity index (χ0v) is 9.33. The standard InChI is InChI=1S/C10H20O.CH4O/c1-7(2)9-5-4-8(3)6-10(9)11;1-2/h7-11H,4-6H2,1-3H3;2H,1H3. The predicted molar refractivity (Wildman–Crippen MR) is 55.5 cm³/mol. The summed E-state index contributed by atoms with van der Waals surface area (Å²) in [5.74, 6) is 1.95. The summed E-state index contributed by atoms with van der Waals surface area (Å²) in [5, 5.41) is 16.7. The molecule has 13 heavy (non-hydrogen) atoms. The minimum atomic E-state index is -0.0289. The Bertz CT molecular complexity index is 123. The van der Waals surface area contributed by atoms with Crippen LogP contribution in [0.3, 0.4) is 0 Å². The second-order valence-corrected chi connectivity index (χ2v) is 4.39. The summed E-state index contributed by atoms with van der Waals surface area (Å²) in [5.41, 5.74) is 0. The van der Waals surface area contributed by atoms with Gasteiger partial charge < -0.3 is 10.2 Å². The van der Waals surface area contributed by atoms with Crippen LogP contribution in [0.1, 0.15) is 40.0 Å². The molecule has 80 valence electrons. The molecule has 1 aliphatic rings. The third-order valence-electron chi connectivity index (χ3n) is 2.99. The summed E-state index contributed by atoms with van der Waals surface area (Å²) in [6, 6.07) is 0. The molecule has 1 saturated carbocycles. The van der Waals surface area contributed by atoms with Gasteiger partial charge in [-0.2, -0.15) is 0 Å². The van der Waals surface area contributed by atoms with Crippen LogP contribution in [0.25, 0.3) is 0 Å². The fourth-order valence-electron chi connectivity index (χ4n) is 2.15. The van der Waals surface area contributed by atoms with Crippen molar-refractivity contribution >= 4 is 0 Å². The first-order valence-electron chi connectivity index (χ1n) is 5.24. The predicted octanol–water partition coefficient (Wildman–Crippen LogP) is 2.05. The van der Waals surface area contributed by atoms with Gasteiger partial charge in [0.05, 0.1) is 6.10 Å². The molecule has 2 nitrogen and oxygen atoms in total. The van der Waals surface area contributed by atoms with E-state index in [2.05, 4.69) is 20.8 Å². The molecule has 0 amide bonds. The second-order valence-electron chi connectivity index (χ2n) is 4.39. The average Bonchev–Trinajstić information content (AvgIpc) is 2.07. The van der Waals surface area contributed by atoms with Crippen molar-refractivity contribution in [2.24, 2.45) is 17.8 Å². The molecule has 1 aliphatic carbocycles. The molecule has 2 heteroatoms. The van der Waals surface area contributed by atoms with Gasteiger partial charge in [0.15, 0.2) is 0 Å². The van der Waals surface area contributed by atoms with Crippen LogP contribution in [-0.4, -0.2) is 23.4 Å². The minimum Gasteiger partial charge on any atom is -0.400 e. The lowest BCUT2D eigenvalue weighted by Gasteiger charge is -2.33. The average molecular weight is 188 g/mol. The Morgan fingerprint density at radius 2 is 1.69 bits per heavy atom. The zero-order valence-electron chi connectivity index (χ0n) is 9.33. The molecule has 1 fully saturated rings. The van der Waals surface area contributed by atoms with Crippen molar-refractivity contribution in [3.8, 4) is 0 Å². The van der Waals surface area contributed by atoms with E-state index in [-0.39, 0.29) is 6.10 Å². The largest absolute Gasteiger partial charge is 0.400 e. The van der Waals surface area contributed by atoms with Crippen LogP contribution in [-0.2, 0) is 0 Å². The summed E-state index contributed by atoms with van der Waals surface area (Å²) in [7, 11) is 1.00. The first-order chi connectivity index (χ1) is 6.11. The number of aliphatic hydroxyl groups is 2. The van der Waals surface area contributed by atoms with E-state index < -0.39 is 0 Å². The van der Waals surface area contributed by atoms with E-state index in [0.29, 0.717) is 11.8 Å². The van der Waals surface area contributed by atoms with E-state index in [9.17, 15) is 5.11 Å². The molecule has 0 radical (unpaired) electrons. The Balaban J connectivity index is 0.000000671. The highest BCUT2D eigenvalue weighted by Crippen LogP contribution is 2.33. The van der Waals surface area contributed by atoms with Crippen LogP contribution in [0.2, 0.25) is 0 Å². The fraction of sp³-hybridized carbons (Fsp3) is 1.00.